The number of anilines is 1. The quantitative estimate of drug-likeness (QED) is 0.444. The molecule has 3 aromatic rings. The van der Waals surface area contributed by atoms with Crippen molar-refractivity contribution in [2.45, 2.75) is 56.5 Å². The first-order valence-electron chi connectivity index (χ1n) is 12.1. The van der Waals surface area contributed by atoms with Gasteiger partial charge in [-0.15, -0.1) is 0 Å². The molecule has 1 saturated carbocycles. The Morgan fingerprint density at radius 1 is 0.914 bits per heavy atom. The van der Waals surface area contributed by atoms with E-state index in [1.54, 1.807) is 48.5 Å². The minimum Gasteiger partial charge on any atom is -0.484 e. The van der Waals surface area contributed by atoms with E-state index in [0.29, 0.717) is 11.4 Å². The smallest absolute Gasteiger partial charge is 0.264 e. The van der Waals surface area contributed by atoms with E-state index in [1.807, 2.05) is 37.3 Å². The third-order valence-electron chi connectivity index (χ3n) is 6.24. The van der Waals surface area contributed by atoms with Gasteiger partial charge in [0.05, 0.1) is 17.1 Å². The minimum atomic E-state index is -3.80. The van der Waals surface area contributed by atoms with E-state index in [2.05, 4.69) is 5.32 Å². The fraction of sp³-hybridized carbons (Fsp3) is 0.321. The molecule has 0 aromatic heterocycles. The van der Waals surface area contributed by atoms with Crippen LogP contribution in [0.4, 0.5) is 5.69 Å². The van der Waals surface area contributed by atoms with E-state index in [4.69, 9.17) is 4.74 Å². The van der Waals surface area contributed by atoms with Gasteiger partial charge in [-0.2, -0.15) is 0 Å². The van der Waals surface area contributed by atoms with Gasteiger partial charge in [-0.1, -0.05) is 67.3 Å². The maximum Gasteiger partial charge on any atom is 0.264 e. The number of aryl methyl sites for hydroxylation is 1. The largest absolute Gasteiger partial charge is 0.484 e. The van der Waals surface area contributed by atoms with Crippen molar-refractivity contribution < 1.29 is 17.9 Å². The van der Waals surface area contributed by atoms with Gasteiger partial charge in [-0.3, -0.25) is 9.10 Å². The average molecular weight is 493 g/mol. The van der Waals surface area contributed by atoms with E-state index in [1.165, 1.54) is 10.7 Å². The lowest BCUT2D eigenvalue weighted by atomic mass is 9.95. The number of nitrogens with zero attached hydrogens (tertiary/aromatic N) is 1. The van der Waals surface area contributed by atoms with Gasteiger partial charge in [0, 0.05) is 6.04 Å². The maximum atomic E-state index is 13.6. The zero-order valence-electron chi connectivity index (χ0n) is 20.0. The number of hydrogen-bond donors (Lipinski definition) is 1. The highest BCUT2D eigenvalue weighted by molar-refractivity contribution is 7.92. The molecule has 0 radical (unpaired) electrons. The van der Waals surface area contributed by atoms with Crippen molar-refractivity contribution >= 4 is 21.6 Å². The van der Waals surface area contributed by atoms with Crippen LogP contribution in [0.1, 0.15) is 43.2 Å². The van der Waals surface area contributed by atoms with E-state index >= 15 is 0 Å². The molecule has 0 bridgehead atoms. The van der Waals surface area contributed by atoms with Crippen molar-refractivity contribution in [2.75, 3.05) is 10.9 Å². The molecular weight excluding hydrogens is 460 g/mol. The first-order valence-corrected chi connectivity index (χ1v) is 13.5. The average Bonchev–Trinajstić information content (AvgIpc) is 2.88. The Bertz CT molecular complexity index is 1200. The highest BCUT2D eigenvalue weighted by atomic mass is 32.2. The number of sulfonamides is 1. The van der Waals surface area contributed by atoms with Gasteiger partial charge in [0.2, 0.25) is 0 Å². The summed E-state index contributed by atoms with van der Waals surface area (Å²) in [6.45, 7) is 2.05. The van der Waals surface area contributed by atoms with Gasteiger partial charge < -0.3 is 10.1 Å². The molecule has 184 valence electrons. The van der Waals surface area contributed by atoms with E-state index in [-0.39, 0.29) is 30.0 Å². The summed E-state index contributed by atoms with van der Waals surface area (Å²) in [5.41, 5.74) is 2.39. The number of carbonyl (C=O) groups is 1. The summed E-state index contributed by atoms with van der Waals surface area (Å²) < 4.78 is 34.2. The number of nitrogens with one attached hydrogen (secondary N) is 1. The Labute approximate surface area is 208 Å². The van der Waals surface area contributed by atoms with Crippen LogP contribution < -0.4 is 14.4 Å². The molecule has 1 N–H and O–H groups in total. The standard InChI is InChI=1S/C28H32N2O4S/c1-22-12-18-27(19-13-22)35(32,33)30(20-23-8-4-2-5-9-23)25-14-16-26(17-15-25)34-21-28(31)29-24-10-6-3-7-11-24/h2,4-5,8-9,12-19,24H,3,6-7,10-11,20-21H2,1H3,(H,29,31). The number of amides is 1. The molecule has 0 saturated heterocycles. The van der Waals surface area contributed by atoms with Crippen LogP contribution in [-0.2, 0) is 21.4 Å². The van der Waals surface area contributed by atoms with Gasteiger partial charge >= 0.3 is 0 Å². The molecule has 3 aromatic carbocycles. The van der Waals surface area contributed by atoms with Gasteiger partial charge in [-0.05, 0) is 61.7 Å². The summed E-state index contributed by atoms with van der Waals surface area (Å²) in [5.74, 6) is 0.383. The van der Waals surface area contributed by atoms with Gasteiger partial charge in [0.1, 0.15) is 5.75 Å². The van der Waals surface area contributed by atoms with Crippen LogP contribution >= 0.6 is 0 Å². The molecule has 7 heteroatoms. The van der Waals surface area contributed by atoms with Crippen molar-refractivity contribution in [1.82, 2.24) is 5.32 Å². The third-order valence-corrected chi connectivity index (χ3v) is 8.03. The van der Waals surface area contributed by atoms with E-state index in [9.17, 15) is 13.2 Å². The van der Waals surface area contributed by atoms with Gasteiger partial charge in [-0.25, -0.2) is 8.42 Å². The van der Waals surface area contributed by atoms with Crippen molar-refractivity contribution in [1.29, 1.82) is 0 Å². The van der Waals surface area contributed by atoms with Gasteiger partial charge in [0.15, 0.2) is 6.61 Å². The molecule has 6 nitrogen and oxygen atoms in total. The SMILES string of the molecule is Cc1ccc(S(=O)(=O)N(Cc2ccccc2)c2ccc(OCC(=O)NC3CCCCC3)cc2)cc1. The summed E-state index contributed by atoms with van der Waals surface area (Å²) in [7, 11) is -3.80. The van der Waals surface area contributed by atoms with Crippen LogP contribution in [0.5, 0.6) is 5.75 Å². The normalized spacial score (nSPS) is 14.3. The summed E-state index contributed by atoms with van der Waals surface area (Å²) >= 11 is 0. The second-order valence-electron chi connectivity index (χ2n) is 9.00. The van der Waals surface area contributed by atoms with Crippen LogP contribution in [0, 0.1) is 6.92 Å². The second kappa shape index (κ2) is 11.4. The van der Waals surface area contributed by atoms with E-state index < -0.39 is 10.0 Å². The van der Waals surface area contributed by atoms with Gasteiger partial charge in [0.25, 0.3) is 15.9 Å². The minimum absolute atomic E-state index is 0.0642. The number of carbonyl (C=O) groups excluding carboxylic acids is 1. The topological polar surface area (TPSA) is 75.7 Å². The Hall–Kier alpha value is -3.32. The summed E-state index contributed by atoms with van der Waals surface area (Å²) in [6.07, 6.45) is 5.58. The molecular formula is C28H32N2O4S. The lowest BCUT2D eigenvalue weighted by Gasteiger charge is -2.25. The fourth-order valence-electron chi connectivity index (χ4n) is 4.28. The Morgan fingerprint density at radius 3 is 2.23 bits per heavy atom. The van der Waals surface area contributed by atoms with Crippen LogP contribution in [0.15, 0.2) is 83.8 Å². The van der Waals surface area contributed by atoms with Crippen molar-refractivity contribution in [3.63, 3.8) is 0 Å². The van der Waals surface area contributed by atoms with Crippen molar-refractivity contribution in [3.05, 3.63) is 90.0 Å². The fourth-order valence-corrected chi connectivity index (χ4v) is 5.73. The molecule has 1 fully saturated rings. The highest BCUT2D eigenvalue weighted by Gasteiger charge is 2.25. The first-order chi connectivity index (χ1) is 16.9. The Balaban J connectivity index is 1.49. The molecule has 0 heterocycles. The summed E-state index contributed by atoms with van der Waals surface area (Å²) in [5, 5.41) is 3.04. The number of hydrogen-bond acceptors (Lipinski definition) is 4. The predicted molar refractivity (Wildman–Crippen MR) is 138 cm³/mol. The van der Waals surface area contributed by atoms with Crippen molar-refractivity contribution in [2.24, 2.45) is 0 Å². The number of rotatable bonds is 9. The molecule has 1 aliphatic rings. The van der Waals surface area contributed by atoms with Crippen LogP contribution in [0.2, 0.25) is 0 Å². The molecule has 0 atom stereocenters. The summed E-state index contributed by atoms with van der Waals surface area (Å²) in [4.78, 5) is 12.5. The highest BCUT2D eigenvalue weighted by Crippen LogP contribution is 2.28. The maximum absolute atomic E-state index is 13.6. The van der Waals surface area contributed by atoms with Crippen LogP contribution in [-0.4, -0.2) is 27.0 Å². The molecule has 0 spiro atoms. The Morgan fingerprint density at radius 2 is 1.57 bits per heavy atom. The summed E-state index contributed by atoms with van der Waals surface area (Å²) in [6, 6.07) is 23.4. The molecule has 0 unspecified atom stereocenters. The lowest BCUT2D eigenvalue weighted by Crippen LogP contribution is -2.38. The third kappa shape index (κ3) is 6.63. The molecule has 1 aliphatic carbocycles. The second-order valence-corrected chi connectivity index (χ2v) is 10.9. The molecule has 35 heavy (non-hydrogen) atoms. The van der Waals surface area contributed by atoms with E-state index in [0.717, 1.165) is 36.8 Å². The van der Waals surface area contributed by atoms with Crippen LogP contribution in [0.3, 0.4) is 0 Å². The molecule has 1 amide bonds. The van der Waals surface area contributed by atoms with Crippen LogP contribution in [0.25, 0.3) is 0 Å². The predicted octanol–water partition coefficient (Wildman–Crippen LogP) is 5.22. The molecule has 0 aliphatic heterocycles. The zero-order valence-corrected chi connectivity index (χ0v) is 20.8. The monoisotopic (exact) mass is 492 g/mol. The lowest BCUT2D eigenvalue weighted by molar-refractivity contribution is -0.124. The number of ether oxygens (including phenoxy) is 1. The van der Waals surface area contributed by atoms with Crippen molar-refractivity contribution in [3.8, 4) is 5.75 Å². The zero-order chi connectivity index (χ0) is 24.7. The Kier molecular flexibility index (Phi) is 8.08. The number of benzene rings is 3. The molecule has 4 rings (SSSR count). The first kappa shape index (κ1) is 24.8.